The molecule has 0 saturated heterocycles. The van der Waals surface area contributed by atoms with Crippen molar-refractivity contribution in [2.24, 2.45) is 5.10 Å². The zero-order valence-electron chi connectivity index (χ0n) is 20.2. The monoisotopic (exact) mass is 497 g/mol. The molecule has 8 heteroatoms. The predicted molar refractivity (Wildman–Crippen MR) is 142 cm³/mol. The lowest BCUT2D eigenvalue weighted by atomic mass is 9.92. The van der Waals surface area contributed by atoms with Crippen molar-refractivity contribution in [3.8, 4) is 0 Å². The highest BCUT2D eigenvalue weighted by Crippen LogP contribution is 2.29. The number of sulfonamides is 1. The summed E-state index contributed by atoms with van der Waals surface area (Å²) >= 11 is 0. The Morgan fingerprint density at radius 2 is 1.64 bits per heavy atom. The second-order valence-electron chi connectivity index (χ2n) is 8.88. The van der Waals surface area contributed by atoms with Gasteiger partial charge in [0.1, 0.15) is 11.6 Å². The highest BCUT2D eigenvalue weighted by molar-refractivity contribution is 7.89. The molecule has 1 atom stereocenters. The van der Waals surface area contributed by atoms with E-state index in [4.69, 9.17) is 0 Å². The molecule has 0 aliphatic heterocycles. The van der Waals surface area contributed by atoms with Crippen LogP contribution in [-0.4, -0.2) is 29.1 Å². The smallest absolute Gasteiger partial charge is 0.231 e. The molecule has 7 nitrogen and oxygen atoms in total. The molecule has 36 heavy (non-hydrogen) atoms. The van der Waals surface area contributed by atoms with Gasteiger partial charge >= 0.3 is 0 Å². The molecule has 1 aromatic heterocycles. The Balaban J connectivity index is 1.67. The van der Waals surface area contributed by atoms with Crippen molar-refractivity contribution in [3.63, 3.8) is 0 Å². The SMILES string of the molecule is Cc1ccc(C(C(=NNS(=O)(=O)c2ccc(C)cc2)C2=CCCC=C2)n2nnc3ccccc32)cc1. The number of hydrazone groups is 1. The zero-order chi connectivity index (χ0) is 25.1. The van der Waals surface area contributed by atoms with Crippen LogP contribution < -0.4 is 4.83 Å². The summed E-state index contributed by atoms with van der Waals surface area (Å²) in [4.78, 5) is 2.64. The van der Waals surface area contributed by atoms with Gasteiger partial charge in [0, 0.05) is 0 Å². The Hall–Kier alpha value is -4.04. The Kier molecular flexibility index (Phi) is 6.52. The Labute approximate surface area is 210 Å². The van der Waals surface area contributed by atoms with Crippen molar-refractivity contribution < 1.29 is 8.42 Å². The predicted octanol–water partition coefficient (Wildman–Crippen LogP) is 5.25. The first-order valence-corrected chi connectivity index (χ1v) is 13.3. The first-order valence-electron chi connectivity index (χ1n) is 11.8. The maximum absolute atomic E-state index is 13.1. The molecule has 0 fully saturated rings. The molecule has 3 aromatic carbocycles. The molecule has 0 saturated carbocycles. The Morgan fingerprint density at radius 3 is 2.33 bits per heavy atom. The molecule has 182 valence electrons. The van der Waals surface area contributed by atoms with Gasteiger partial charge in [-0.2, -0.15) is 18.4 Å². The fraction of sp³-hybridized carbons (Fsp3) is 0.179. The minimum atomic E-state index is -3.88. The van der Waals surface area contributed by atoms with Gasteiger partial charge in [-0.15, -0.1) is 5.10 Å². The van der Waals surface area contributed by atoms with Crippen LogP contribution in [0.15, 0.2) is 107 Å². The van der Waals surface area contributed by atoms with E-state index in [1.807, 2.05) is 73.1 Å². The summed E-state index contributed by atoms with van der Waals surface area (Å²) in [6.45, 7) is 3.94. The standard InChI is InChI=1S/C28H27N5O2S/c1-20-12-16-23(17-13-20)28(33-26-11-7-6-10-25(26)29-31-33)27(22-8-4-3-5-9-22)30-32-36(34,35)24-18-14-21(2)15-19-24/h4,6-19,28,32H,3,5H2,1-2H3. The van der Waals surface area contributed by atoms with Crippen LogP contribution in [0.5, 0.6) is 0 Å². The first kappa shape index (κ1) is 23.7. The molecular weight excluding hydrogens is 470 g/mol. The van der Waals surface area contributed by atoms with Gasteiger partial charge in [0.15, 0.2) is 0 Å². The summed E-state index contributed by atoms with van der Waals surface area (Å²) in [6, 6.07) is 22.0. The molecule has 5 rings (SSSR count). The van der Waals surface area contributed by atoms with E-state index in [9.17, 15) is 8.42 Å². The average Bonchev–Trinajstić information content (AvgIpc) is 3.32. The Bertz CT molecular complexity index is 1580. The molecule has 1 N–H and O–H groups in total. The van der Waals surface area contributed by atoms with E-state index in [2.05, 4.69) is 32.4 Å². The van der Waals surface area contributed by atoms with Crippen LogP contribution in [0.25, 0.3) is 11.0 Å². The fourth-order valence-electron chi connectivity index (χ4n) is 4.21. The van der Waals surface area contributed by atoms with E-state index in [0.717, 1.165) is 46.1 Å². The van der Waals surface area contributed by atoms with Crippen molar-refractivity contribution >= 4 is 26.8 Å². The van der Waals surface area contributed by atoms with Crippen LogP contribution in [0.2, 0.25) is 0 Å². The molecular formula is C28H27N5O2S. The molecule has 1 aliphatic carbocycles. The number of rotatable bonds is 7. The summed E-state index contributed by atoms with van der Waals surface area (Å²) in [7, 11) is -3.88. The van der Waals surface area contributed by atoms with E-state index >= 15 is 0 Å². The van der Waals surface area contributed by atoms with E-state index < -0.39 is 16.1 Å². The number of aromatic nitrogens is 3. The van der Waals surface area contributed by atoms with Gasteiger partial charge < -0.3 is 0 Å². The van der Waals surface area contributed by atoms with Gasteiger partial charge in [0.2, 0.25) is 0 Å². The number of hydrogen-bond acceptors (Lipinski definition) is 5. The van der Waals surface area contributed by atoms with Gasteiger partial charge in [-0.25, -0.2) is 4.68 Å². The maximum atomic E-state index is 13.1. The number of benzene rings is 3. The lowest BCUT2D eigenvalue weighted by Crippen LogP contribution is -2.28. The molecule has 1 unspecified atom stereocenters. The van der Waals surface area contributed by atoms with Crippen LogP contribution in [0, 0.1) is 13.8 Å². The van der Waals surface area contributed by atoms with Crippen LogP contribution in [0.3, 0.4) is 0 Å². The summed E-state index contributed by atoms with van der Waals surface area (Å²) in [5, 5.41) is 13.4. The third-order valence-corrected chi connectivity index (χ3v) is 7.41. The third-order valence-electron chi connectivity index (χ3n) is 6.18. The van der Waals surface area contributed by atoms with Crippen LogP contribution in [-0.2, 0) is 10.0 Å². The van der Waals surface area contributed by atoms with Gasteiger partial charge in [-0.05, 0) is 62.1 Å². The van der Waals surface area contributed by atoms with E-state index in [1.165, 1.54) is 0 Å². The summed E-state index contributed by atoms with van der Waals surface area (Å²) in [6.07, 6.45) is 7.91. The highest BCUT2D eigenvalue weighted by Gasteiger charge is 2.27. The third kappa shape index (κ3) is 4.85. The molecule has 0 spiro atoms. The maximum Gasteiger partial charge on any atom is 0.276 e. The quantitative estimate of drug-likeness (QED) is 0.279. The van der Waals surface area contributed by atoms with Gasteiger partial charge in [-0.1, -0.05) is 83.1 Å². The van der Waals surface area contributed by atoms with Crippen molar-refractivity contribution in [1.82, 2.24) is 19.8 Å². The van der Waals surface area contributed by atoms with E-state index in [0.29, 0.717) is 5.71 Å². The lowest BCUT2D eigenvalue weighted by molar-refractivity contribution is 0.582. The second kappa shape index (κ2) is 9.91. The van der Waals surface area contributed by atoms with Crippen molar-refractivity contribution in [2.45, 2.75) is 37.6 Å². The normalized spacial score (nSPS) is 15.1. The van der Waals surface area contributed by atoms with Gasteiger partial charge in [-0.3, -0.25) is 0 Å². The Morgan fingerprint density at radius 1 is 0.944 bits per heavy atom. The number of aryl methyl sites for hydroxylation is 2. The molecule has 1 aliphatic rings. The van der Waals surface area contributed by atoms with Gasteiger partial charge in [0.05, 0.1) is 16.1 Å². The van der Waals surface area contributed by atoms with Crippen molar-refractivity contribution in [3.05, 3.63) is 113 Å². The molecule has 1 heterocycles. The van der Waals surface area contributed by atoms with E-state index in [1.54, 1.807) is 24.3 Å². The number of para-hydroxylation sites is 1. The van der Waals surface area contributed by atoms with Crippen LogP contribution in [0.4, 0.5) is 0 Å². The molecule has 0 amide bonds. The lowest BCUT2D eigenvalue weighted by Gasteiger charge is -2.23. The minimum absolute atomic E-state index is 0.155. The van der Waals surface area contributed by atoms with Gasteiger partial charge in [0.25, 0.3) is 10.0 Å². The highest BCUT2D eigenvalue weighted by atomic mass is 32.2. The summed E-state index contributed by atoms with van der Waals surface area (Å²) in [5.41, 5.74) is 5.99. The van der Waals surface area contributed by atoms with Crippen LogP contribution in [0.1, 0.15) is 35.6 Å². The number of fused-ring (bicyclic) bond motifs is 1. The number of hydrogen-bond donors (Lipinski definition) is 1. The minimum Gasteiger partial charge on any atom is -0.231 e. The molecule has 0 bridgehead atoms. The fourth-order valence-corrected chi connectivity index (χ4v) is 5.03. The number of nitrogens with one attached hydrogen (secondary N) is 1. The largest absolute Gasteiger partial charge is 0.276 e. The molecule has 0 radical (unpaired) electrons. The van der Waals surface area contributed by atoms with Crippen LogP contribution >= 0.6 is 0 Å². The zero-order valence-corrected chi connectivity index (χ0v) is 21.0. The summed E-state index contributed by atoms with van der Waals surface area (Å²) in [5.74, 6) is 0. The van der Waals surface area contributed by atoms with Crippen molar-refractivity contribution in [2.75, 3.05) is 0 Å². The van der Waals surface area contributed by atoms with Crippen molar-refractivity contribution in [1.29, 1.82) is 0 Å². The summed E-state index contributed by atoms with van der Waals surface area (Å²) < 4.78 is 28.1. The molecule has 4 aromatic rings. The second-order valence-corrected chi connectivity index (χ2v) is 10.5. The average molecular weight is 498 g/mol. The number of nitrogens with zero attached hydrogens (tertiary/aromatic N) is 4. The first-order chi connectivity index (χ1) is 17.4. The van der Waals surface area contributed by atoms with E-state index in [-0.39, 0.29) is 4.90 Å². The topological polar surface area (TPSA) is 89.2 Å². The number of allylic oxidation sites excluding steroid dienone is 4.